The fraction of sp³-hybridized carbons (Fsp3) is 0.286. The lowest BCUT2D eigenvalue weighted by molar-refractivity contribution is 0.0128. The van der Waals surface area contributed by atoms with Gasteiger partial charge in [0, 0.05) is 36.3 Å². The molecule has 12 heteroatoms. The van der Waals surface area contributed by atoms with Crippen LogP contribution in [0.25, 0.3) is 16.6 Å². The van der Waals surface area contributed by atoms with Gasteiger partial charge < -0.3 is 30.2 Å². The maximum atomic E-state index is 14.1. The Bertz CT molecular complexity index is 2000. The molecule has 47 heavy (non-hydrogen) atoms. The number of hydrogen-bond donors (Lipinski definition) is 3. The van der Waals surface area contributed by atoms with Gasteiger partial charge in [-0.15, -0.1) is 0 Å². The number of carbonyl (C=O) groups excluding carboxylic acids is 1. The number of nitrogens with one attached hydrogen (secondary N) is 1. The Morgan fingerprint density at radius 1 is 1.09 bits per heavy atom. The summed E-state index contributed by atoms with van der Waals surface area (Å²) in [6, 6.07) is 16.7. The summed E-state index contributed by atoms with van der Waals surface area (Å²) in [5, 5.41) is 14.9. The molecule has 1 aliphatic rings. The van der Waals surface area contributed by atoms with E-state index in [2.05, 4.69) is 26.0 Å². The van der Waals surface area contributed by atoms with Gasteiger partial charge in [-0.25, -0.2) is 13.9 Å². The van der Waals surface area contributed by atoms with Gasteiger partial charge in [0.2, 0.25) is 5.78 Å². The van der Waals surface area contributed by atoms with Crippen molar-refractivity contribution in [2.45, 2.75) is 52.7 Å². The third-order valence-corrected chi connectivity index (χ3v) is 9.14. The second-order valence-corrected chi connectivity index (χ2v) is 13.7. The summed E-state index contributed by atoms with van der Waals surface area (Å²) in [4.78, 5) is 30.2. The molecule has 5 aromatic rings. The molecule has 0 aliphatic carbocycles. The average Bonchev–Trinajstić information content (AvgIpc) is 3.61. The number of carbonyl (C=O) groups is 2. The number of aryl methyl sites for hydroxylation is 1. The number of ether oxygens (including phenoxy) is 2. The number of nitrogens with zero attached hydrogens (tertiary/aromatic N) is 3. The zero-order valence-corrected chi connectivity index (χ0v) is 28.0. The molecular weight excluding hydrogens is 669 g/mol. The van der Waals surface area contributed by atoms with Crippen molar-refractivity contribution in [1.29, 1.82) is 0 Å². The molecule has 3 aromatic carbocycles. The van der Waals surface area contributed by atoms with Gasteiger partial charge in [-0.2, -0.15) is 5.10 Å². The van der Waals surface area contributed by atoms with Crippen LogP contribution in [0, 0.1) is 18.2 Å². The number of aromatic amines is 1. The van der Waals surface area contributed by atoms with Crippen molar-refractivity contribution >= 4 is 44.5 Å². The molecule has 0 bridgehead atoms. The van der Waals surface area contributed by atoms with Crippen molar-refractivity contribution in [3.8, 4) is 22.9 Å². The number of nitrogens with two attached hydrogens (primary N) is 1. The molecule has 3 heterocycles. The quantitative estimate of drug-likeness (QED) is 0.146. The van der Waals surface area contributed by atoms with Crippen molar-refractivity contribution in [2.75, 3.05) is 12.3 Å². The summed E-state index contributed by atoms with van der Waals surface area (Å²) < 4.78 is 28.4. The zero-order chi connectivity index (χ0) is 33.6. The van der Waals surface area contributed by atoms with Gasteiger partial charge in [-0.05, 0) is 82.4 Å². The van der Waals surface area contributed by atoms with Crippen LogP contribution in [0.15, 0.2) is 71.3 Å². The summed E-state index contributed by atoms with van der Waals surface area (Å²) in [7, 11) is 0. The van der Waals surface area contributed by atoms with E-state index < -0.39 is 11.9 Å². The second kappa shape index (κ2) is 12.4. The molecule has 0 saturated carbocycles. The van der Waals surface area contributed by atoms with Gasteiger partial charge in [0.15, 0.2) is 11.6 Å². The lowest BCUT2D eigenvalue weighted by Crippen LogP contribution is -2.53. The number of likely N-dealkylation sites (tertiary alicyclic amines) is 1. The number of halogens is 2. The summed E-state index contributed by atoms with van der Waals surface area (Å²) in [6.45, 7) is 8.33. The first-order chi connectivity index (χ1) is 22.3. The van der Waals surface area contributed by atoms with Crippen LogP contribution in [-0.2, 0) is 0 Å². The maximum absolute atomic E-state index is 14.1. The number of carboxylic acid groups (broad SMARTS) is 1. The van der Waals surface area contributed by atoms with Crippen LogP contribution in [0.3, 0.4) is 0 Å². The maximum Gasteiger partial charge on any atom is 0.407 e. The van der Waals surface area contributed by atoms with E-state index in [0.717, 1.165) is 16.5 Å². The average molecular weight is 705 g/mol. The molecule has 0 radical (unpaired) electrons. The molecule has 4 N–H and O–H groups in total. The van der Waals surface area contributed by atoms with Crippen molar-refractivity contribution in [1.82, 2.24) is 19.7 Å². The predicted molar refractivity (Wildman–Crippen MR) is 180 cm³/mol. The van der Waals surface area contributed by atoms with Crippen LogP contribution in [0.1, 0.15) is 55.2 Å². The topological polar surface area (TPSA) is 136 Å². The van der Waals surface area contributed by atoms with Crippen LogP contribution in [-0.4, -0.2) is 55.3 Å². The third kappa shape index (κ3) is 6.42. The molecule has 1 fully saturated rings. The Morgan fingerprint density at radius 2 is 1.85 bits per heavy atom. The number of nitrogen functional groups attached to an aromatic ring is 1. The van der Waals surface area contributed by atoms with Crippen LogP contribution >= 0.6 is 15.9 Å². The molecule has 1 saturated heterocycles. The number of fused-ring (bicyclic) bond motifs is 1. The SMILES string of the molecule is Cc1cc(-n2ncc(C(=O)c3cc4cc(OC5CCN(C(=O)O)C(C(C)(C)C)C5)c(Br)cc4[nH]3)c2N)ccc1Oc1ccccc1F. The summed E-state index contributed by atoms with van der Waals surface area (Å²) in [5.41, 5.74) is 8.84. The van der Waals surface area contributed by atoms with Gasteiger partial charge in [0.1, 0.15) is 23.4 Å². The molecule has 6 rings (SSSR count). The number of anilines is 1. The molecule has 10 nitrogen and oxygen atoms in total. The first-order valence-electron chi connectivity index (χ1n) is 15.2. The van der Waals surface area contributed by atoms with Crippen LogP contribution in [0.5, 0.6) is 17.2 Å². The van der Waals surface area contributed by atoms with Gasteiger partial charge in [0.05, 0.1) is 27.6 Å². The first-order valence-corrected chi connectivity index (χ1v) is 16.0. The normalized spacial score (nSPS) is 16.8. The largest absolute Gasteiger partial charge is 0.489 e. The molecule has 0 spiro atoms. The molecule has 2 atom stereocenters. The lowest BCUT2D eigenvalue weighted by Gasteiger charge is -2.44. The fourth-order valence-corrected chi connectivity index (χ4v) is 6.46. The highest BCUT2D eigenvalue weighted by Crippen LogP contribution is 2.37. The van der Waals surface area contributed by atoms with Crippen LogP contribution < -0.4 is 15.2 Å². The summed E-state index contributed by atoms with van der Waals surface area (Å²) >= 11 is 3.60. The highest BCUT2D eigenvalue weighted by molar-refractivity contribution is 9.10. The number of hydrogen-bond acceptors (Lipinski definition) is 6. The monoisotopic (exact) mass is 703 g/mol. The zero-order valence-electron chi connectivity index (χ0n) is 26.4. The van der Waals surface area contributed by atoms with E-state index in [1.807, 2.05) is 39.8 Å². The lowest BCUT2D eigenvalue weighted by atomic mass is 9.80. The molecule has 244 valence electrons. The number of para-hydroxylation sites is 1. The Labute approximate surface area is 279 Å². The third-order valence-electron chi connectivity index (χ3n) is 8.52. The predicted octanol–water partition coefficient (Wildman–Crippen LogP) is 8.11. The van der Waals surface area contributed by atoms with E-state index in [4.69, 9.17) is 15.2 Å². The Hall–Kier alpha value is -4.84. The number of piperidine rings is 1. The summed E-state index contributed by atoms with van der Waals surface area (Å²) in [6.07, 6.45) is 1.49. The van der Waals surface area contributed by atoms with E-state index >= 15 is 0 Å². The van der Waals surface area contributed by atoms with Crippen molar-refractivity contribution < 1.29 is 28.6 Å². The highest BCUT2D eigenvalue weighted by Gasteiger charge is 2.39. The number of ketones is 1. The Balaban J connectivity index is 1.20. The molecular formula is C35H35BrFN5O5. The van der Waals surface area contributed by atoms with Crippen molar-refractivity contribution in [2.24, 2.45) is 5.41 Å². The Kier molecular flexibility index (Phi) is 8.47. The van der Waals surface area contributed by atoms with Gasteiger partial charge in [0.25, 0.3) is 0 Å². The van der Waals surface area contributed by atoms with Crippen molar-refractivity contribution in [3.05, 3.63) is 94.0 Å². The van der Waals surface area contributed by atoms with Crippen molar-refractivity contribution in [3.63, 3.8) is 0 Å². The molecule has 2 unspecified atom stereocenters. The van der Waals surface area contributed by atoms with Crippen LogP contribution in [0.4, 0.5) is 15.0 Å². The van der Waals surface area contributed by atoms with Gasteiger partial charge in [-0.3, -0.25) is 4.79 Å². The number of amides is 1. The minimum absolute atomic E-state index is 0.120. The number of rotatable bonds is 7. The standard InChI is InChI=1S/C35H35BrFN5O5/c1-19-13-21(9-10-28(19)47-29-8-6-5-7-25(29)37)42-33(38)23(18-39-42)32(43)27-14-20-15-30(24(36)17-26(20)40-27)46-22-11-12-41(34(44)45)31(16-22)35(2,3)4/h5-10,13-15,17-18,22,31,40H,11-12,16,38H2,1-4H3,(H,44,45). The van der Waals surface area contributed by atoms with E-state index in [9.17, 15) is 19.1 Å². The molecule has 2 aromatic heterocycles. The van der Waals surface area contributed by atoms with E-state index in [-0.39, 0.29) is 40.5 Å². The van der Waals surface area contributed by atoms with Crippen LogP contribution in [0.2, 0.25) is 0 Å². The Morgan fingerprint density at radius 3 is 2.55 bits per heavy atom. The first kappa shape index (κ1) is 32.1. The van der Waals surface area contributed by atoms with E-state index in [1.165, 1.54) is 21.8 Å². The summed E-state index contributed by atoms with van der Waals surface area (Å²) in [5.74, 6) is 0.594. The van der Waals surface area contributed by atoms with Gasteiger partial charge >= 0.3 is 6.09 Å². The van der Waals surface area contributed by atoms with E-state index in [1.54, 1.807) is 42.5 Å². The smallest absolute Gasteiger partial charge is 0.407 e. The minimum Gasteiger partial charge on any atom is -0.489 e. The van der Waals surface area contributed by atoms with Gasteiger partial charge in [-0.1, -0.05) is 32.9 Å². The molecule has 1 aliphatic heterocycles. The second-order valence-electron chi connectivity index (χ2n) is 12.8. The number of H-pyrrole nitrogens is 1. The number of benzene rings is 3. The number of aromatic nitrogens is 3. The fourth-order valence-electron chi connectivity index (χ4n) is 6.03. The minimum atomic E-state index is -0.916. The van der Waals surface area contributed by atoms with E-state index in [0.29, 0.717) is 46.7 Å². The highest BCUT2D eigenvalue weighted by atomic mass is 79.9. The molecule has 1 amide bonds.